The summed E-state index contributed by atoms with van der Waals surface area (Å²) in [6.45, 7) is 9.05. The molecule has 0 aliphatic heterocycles. The van der Waals surface area contributed by atoms with Crippen molar-refractivity contribution >= 4 is 29.3 Å². The summed E-state index contributed by atoms with van der Waals surface area (Å²) in [6.07, 6.45) is 0.876. The number of amides is 1. The van der Waals surface area contributed by atoms with Gasteiger partial charge in [0.2, 0.25) is 5.91 Å². The van der Waals surface area contributed by atoms with Crippen LogP contribution in [0.2, 0.25) is 5.02 Å². The molecular formula is C24H29ClN4OS. The van der Waals surface area contributed by atoms with Crippen molar-refractivity contribution in [2.75, 3.05) is 6.54 Å². The van der Waals surface area contributed by atoms with E-state index in [1.54, 1.807) is 11.8 Å². The Kier molecular flexibility index (Phi) is 8.15. The molecular weight excluding hydrogens is 428 g/mol. The summed E-state index contributed by atoms with van der Waals surface area (Å²) in [5.41, 5.74) is 4.65. The molecule has 1 heterocycles. The molecule has 31 heavy (non-hydrogen) atoms. The van der Waals surface area contributed by atoms with E-state index in [1.165, 1.54) is 16.7 Å². The molecule has 0 aliphatic rings. The number of thioether (sulfide) groups is 1. The van der Waals surface area contributed by atoms with E-state index in [0.717, 1.165) is 22.4 Å². The topological polar surface area (TPSA) is 59.8 Å². The number of halogens is 1. The second-order valence-corrected chi connectivity index (χ2v) is 9.58. The van der Waals surface area contributed by atoms with E-state index < -0.39 is 0 Å². The van der Waals surface area contributed by atoms with Gasteiger partial charge in [0.15, 0.2) is 5.16 Å². The fourth-order valence-electron chi connectivity index (χ4n) is 3.36. The zero-order chi connectivity index (χ0) is 22.4. The Labute approximate surface area is 193 Å². The minimum Gasteiger partial charge on any atom is -0.356 e. The molecule has 2 aromatic carbocycles. The molecule has 1 amide bonds. The summed E-state index contributed by atoms with van der Waals surface area (Å²) in [5, 5.41) is 13.2. The van der Waals surface area contributed by atoms with E-state index in [2.05, 4.69) is 61.4 Å². The highest BCUT2D eigenvalue weighted by Gasteiger charge is 2.16. The lowest BCUT2D eigenvalue weighted by Gasteiger charge is -2.12. The van der Waals surface area contributed by atoms with Crippen molar-refractivity contribution in [3.63, 3.8) is 0 Å². The molecule has 7 heteroatoms. The van der Waals surface area contributed by atoms with E-state index in [1.807, 2.05) is 28.8 Å². The first-order chi connectivity index (χ1) is 14.8. The molecule has 1 aromatic heterocycles. The van der Waals surface area contributed by atoms with Crippen LogP contribution in [0.25, 0.3) is 5.69 Å². The van der Waals surface area contributed by atoms with E-state index in [0.29, 0.717) is 30.3 Å². The molecule has 0 saturated heterocycles. The van der Waals surface area contributed by atoms with Gasteiger partial charge >= 0.3 is 0 Å². The van der Waals surface area contributed by atoms with Crippen molar-refractivity contribution < 1.29 is 4.79 Å². The lowest BCUT2D eigenvalue weighted by Crippen LogP contribution is -2.27. The number of nitrogens with one attached hydrogen (secondary N) is 1. The zero-order valence-corrected chi connectivity index (χ0v) is 20.1. The van der Waals surface area contributed by atoms with Gasteiger partial charge in [-0.25, -0.2) is 0 Å². The molecule has 0 bridgehead atoms. The molecule has 0 unspecified atom stereocenters. The maximum Gasteiger partial charge on any atom is 0.220 e. The minimum atomic E-state index is 0.0267. The maximum absolute atomic E-state index is 12.2. The van der Waals surface area contributed by atoms with Crippen molar-refractivity contribution in [2.24, 2.45) is 5.92 Å². The summed E-state index contributed by atoms with van der Waals surface area (Å²) in [7, 11) is 0. The molecule has 3 rings (SSSR count). The Hall–Kier alpha value is -2.31. The largest absolute Gasteiger partial charge is 0.356 e. The molecule has 0 radical (unpaired) electrons. The molecule has 0 atom stereocenters. The highest BCUT2D eigenvalue weighted by atomic mass is 35.5. The van der Waals surface area contributed by atoms with Crippen LogP contribution >= 0.6 is 23.4 Å². The van der Waals surface area contributed by atoms with E-state index in [9.17, 15) is 4.79 Å². The summed E-state index contributed by atoms with van der Waals surface area (Å²) in [4.78, 5) is 12.2. The van der Waals surface area contributed by atoms with Crippen LogP contribution in [0.1, 0.15) is 42.8 Å². The average Bonchev–Trinajstić information content (AvgIpc) is 3.11. The van der Waals surface area contributed by atoms with Gasteiger partial charge in [-0.1, -0.05) is 72.6 Å². The number of aryl methyl sites for hydroxylation is 3. The van der Waals surface area contributed by atoms with Crippen LogP contribution in [0.4, 0.5) is 0 Å². The van der Waals surface area contributed by atoms with Crippen LogP contribution in [0, 0.1) is 19.8 Å². The molecule has 5 nitrogen and oxygen atoms in total. The predicted octanol–water partition coefficient (Wildman–Crippen LogP) is 5.53. The standard InChI is InChI=1S/C24H29ClN4OS/c1-16(2)14-26-23(30)9-8-22-27-28-24(29(22)21-7-5-6-20(25)13-21)31-15-19-11-17(3)10-18(4)12-19/h5-7,10-13,16H,8-9,14-15H2,1-4H3,(H,26,30). The minimum absolute atomic E-state index is 0.0267. The molecule has 0 aliphatic carbocycles. The van der Waals surface area contributed by atoms with Gasteiger partial charge in [-0.05, 0) is 43.5 Å². The Morgan fingerprint density at radius 3 is 2.55 bits per heavy atom. The van der Waals surface area contributed by atoms with E-state index >= 15 is 0 Å². The Bertz CT molecular complexity index is 1030. The van der Waals surface area contributed by atoms with Crippen LogP contribution in [-0.2, 0) is 17.0 Å². The lowest BCUT2D eigenvalue weighted by atomic mass is 10.1. The quantitative estimate of drug-likeness (QED) is 0.430. The Morgan fingerprint density at radius 1 is 1.13 bits per heavy atom. The third-order valence-electron chi connectivity index (χ3n) is 4.70. The number of benzene rings is 2. The summed E-state index contributed by atoms with van der Waals surface area (Å²) in [6, 6.07) is 14.2. The van der Waals surface area contributed by atoms with Crippen molar-refractivity contribution in [1.29, 1.82) is 0 Å². The second-order valence-electron chi connectivity index (χ2n) is 8.20. The number of hydrogen-bond acceptors (Lipinski definition) is 4. The van der Waals surface area contributed by atoms with Crippen LogP contribution in [0.5, 0.6) is 0 Å². The predicted molar refractivity (Wildman–Crippen MR) is 128 cm³/mol. The molecule has 0 spiro atoms. The molecule has 3 aromatic rings. The highest BCUT2D eigenvalue weighted by Crippen LogP contribution is 2.27. The highest BCUT2D eigenvalue weighted by molar-refractivity contribution is 7.98. The number of carbonyl (C=O) groups is 1. The van der Waals surface area contributed by atoms with Gasteiger partial charge in [0.05, 0.1) is 5.69 Å². The molecule has 1 N–H and O–H groups in total. The van der Waals surface area contributed by atoms with Crippen molar-refractivity contribution in [3.05, 3.63) is 70.0 Å². The van der Waals surface area contributed by atoms with Crippen LogP contribution in [0.3, 0.4) is 0 Å². The monoisotopic (exact) mass is 456 g/mol. The smallest absolute Gasteiger partial charge is 0.220 e. The van der Waals surface area contributed by atoms with Gasteiger partial charge < -0.3 is 5.32 Å². The summed E-state index contributed by atoms with van der Waals surface area (Å²) < 4.78 is 2.01. The van der Waals surface area contributed by atoms with Gasteiger partial charge in [-0.3, -0.25) is 9.36 Å². The van der Waals surface area contributed by atoms with Crippen molar-refractivity contribution in [3.8, 4) is 5.69 Å². The first kappa shape index (κ1) is 23.4. The number of hydrogen-bond donors (Lipinski definition) is 1. The van der Waals surface area contributed by atoms with Gasteiger partial charge in [0.25, 0.3) is 0 Å². The van der Waals surface area contributed by atoms with Crippen molar-refractivity contribution in [2.45, 2.75) is 51.4 Å². The number of nitrogens with zero attached hydrogens (tertiary/aromatic N) is 3. The third-order valence-corrected chi connectivity index (χ3v) is 5.93. The van der Waals surface area contributed by atoms with Gasteiger partial charge in [0.1, 0.15) is 5.82 Å². The van der Waals surface area contributed by atoms with Gasteiger partial charge in [-0.15, -0.1) is 10.2 Å². The number of carbonyl (C=O) groups excluding carboxylic acids is 1. The van der Waals surface area contributed by atoms with Crippen LogP contribution in [0.15, 0.2) is 47.6 Å². The fraction of sp³-hybridized carbons (Fsp3) is 0.375. The zero-order valence-electron chi connectivity index (χ0n) is 18.5. The van der Waals surface area contributed by atoms with Crippen LogP contribution in [-0.4, -0.2) is 27.2 Å². The summed E-state index contributed by atoms with van der Waals surface area (Å²) in [5.74, 6) is 1.99. The Balaban J connectivity index is 1.81. The Morgan fingerprint density at radius 2 is 1.87 bits per heavy atom. The maximum atomic E-state index is 12.2. The van der Waals surface area contributed by atoms with E-state index in [4.69, 9.17) is 11.6 Å². The number of aromatic nitrogens is 3. The second kappa shape index (κ2) is 10.8. The normalized spacial score (nSPS) is 11.2. The lowest BCUT2D eigenvalue weighted by molar-refractivity contribution is -0.121. The molecule has 164 valence electrons. The third kappa shape index (κ3) is 6.84. The first-order valence-electron chi connectivity index (χ1n) is 10.5. The fourth-order valence-corrected chi connectivity index (χ4v) is 4.45. The average molecular weight is 457 g/mol. The van der Waals surface area contributed by atoms with Crippen LogP contribution < -0.4 is 5.32 Å². The van der Waals surface area contributed by atoms with Gasteiger partial charge in [-0.2, -0.15) is 0 Å². The SMILES string of the molecule is Cc1cc(C)cc(CSc2nnc(CCC(=O)NCC(C)C)n2-c2cccc(Cl)c2)c1. The molecule has 0 fully saturated rings. The molecule has 0 saturated carbocycles. The van der Waals surface area contributed by atoms with E-state index in [-0.39, 0.29) is 5.91 Å². The van der Waals surface area contributed by atoms with Gasteiger partial charge in [0, 0.05) is 30.2 Å². The summed E-state index contributed by atoms with van der Waals surface area (Å²) >= 11 is 7.88. The first-order valence-corrected chi connectivity index (χ1v) is 11.8. The number of rotatable bonds is 9. The van der Waals surface area contributed by atoms with Crippen molar-refractivity contribution in [1.82, 2.24) is 20.1 Å².